The second-order valence-corrected chi connectivity index (χ2v) is 5.66. The highest BCUT2D eigenvalue weighted by atomic mass is 19.4. The van der Waals surface area contributed by atoms with Gasteiger partial charge in [0, 0.05) is 5.41 Å². The normalized spacial score (nSPS) is 37.6. The molecule has 5 heteroatoms. The SMILES string of the molecule is OCC1(C2(O)CCCC(C(F)(F)F)C2)CCC1. The molecule has 100 valence electrons. The molecule has 0 heterocycles. The quantitative estimate of drug-likeness (QED) is 0.793. The van der Waals surface area contributed by atoms with Crippen LogP contribution >= 0.6 is 0 Å². The predicted octanol–water partition coefficient (Wildman–Crippen LogP) is 2.63. The van der Waals surface area contributed by atoms with Crippen LogP contribution in [0.4, 0.5) is 13.2 Å². The molecule has 2 aliphatic rings. The molecule has 0 aromatic heterocycles. The van der Waals surface area contributed by atoms with Crippen molar-refractivity contribution in [1.82, 2.24) is 0 Å². The van der Waals surface area contributed by atoms with Crippen LogP contribution in [0.5, 0.6) is 0 Å². The summed E-state index contributed by atoms with van der Waals surface area (Å²) in [5.74, 6) is -1.41. The Bertz CT molecular complexity index is 280. The predicted molar refractivity (Wildman–Crippen MR) is 56.3 cm³/mol. The first-order valence-electron chi connectivity index (χ1n) is 6.23. The minimum atomic E-state index is -4.23. The molecular formula is C12H19F3O2. The molecule has 0 aliphatic heterocycles. The highest BCUT2D eigenvalue weighted by Crippen LogP contribution is 2.56. The van der Waals surface area contributed by atoms with E-state index in [9.17, 15) is 23.4 Å². The zero-order valence-electron chi connectivity index (χ0n) is 9.76. The Morgan fingerprint density at radius 3 is 2.18 bits per heavy atom. The Hall–Kier alpha value is -0.290. The van der Waals surface area contributed by atoms with Crippen molar-refractivity contribution in [2.75, 3.05) is 6.61 Å². The van der Waals surface area contributed by atoms with E-state index >= 15 is 0 Å². The average Bonchev–Trinajstić information content (AvgIpc) is 2.15. The van der Waals surface area contributed by atoms with E-state index in [1.165, 1.54) is 0 Å². The van der Waals surface area contributed by atoms with Crippen LogP contribution in [0, 0.1) is 11.3 Å². The molecule has 2 fully saturated rings. The van der Waals surface area contributed by atoms with E-state index in [1.54, 1.807) is 0 Å². The second-order valence-electron chi connectivity index (χ2n) is 5.66. The lowest BCUT2D eigenvalue weighted by Gasteiger charge is -2.55. The van der Waals surface area contributed by atoms with Gasteiger partial charge in [-0.3, -0.25) is 0 Å². The van der Waals surface area contributed by atoms with Crippen LogP contribution in [0.15, 0.2) is 0 Å². The summed E-state index contributed by atoms with van der Waals surface area (Å²) in [5.41, 5.74) is -1.99. The Morgan fingerprint density at radius 2 is 1.76 bits per heavy atom. The topological polar surface area (TPSA) is 40.5 Å². The van der Waals surface area contributed by atoms with Crippen molar-refractivity contribution >= 4 is 0 Å². The lowest BCUT2D eigenvalue weighted by atomic mass is 9.54. The third-order valence-electron chi connectivity index (χ3n) is 4.79. The lowest BCUT2D eigenvalue weighted by molar-refractivity contribution is -0.233. The first kappa shape index (κ1) is 13.1. The number of alkyl halides is 3. The summed E-state index contributed by atoms with van der Waals surface area (Å²) in [4.78, 5) is 0. The van der Waals surface area contributed by atoms with Crippen molar-refractivity contribution in [2.24, 2.45) is 11.3 Å². The maximum Gasteiger partial charge on any atom is 0.391 e. The number of rotatable bonds is 2. The van der Waals surface area contributed by atoms with Gasteiger partial charge in [0.2, 0.25) is 0 Å². The van der Waals surface area contributed by atoms with E-state index in [1.807, 2.05) is 0 Å². The third kappa shape index (κ3) is 2.08. The summed E-state index contributed by atoms with van der Waals surface area (Å²) < 4.78 is 38.2. The molecule has 2 unspecified atom stereocenters. The maximum atomic E-state index is 12.7. The van der Waals surface area contributed by atoms with Gasteiger partial charge < -0.3 is 10.2 Å². The summed E-state index contributed by atoms with van der Waals surface area (Å²) in [7, 11) is 0. The highest BCUT2D eigenvalue weighted by molar-refractivity contribution is 5.06. The summed E-state index contributed by atoms with van der Waals surface area (Å²) >= 11 is 0. The van der Waals surface area contributed by atoms with E-state index in [2.05, 4.69) is 0 Å². The number of hydrogen-bond donors (Lipinski definition) is 2. The lowest BCUT2D eigenvalue weighted by Crippen LogP contribution is -2.58. The molecule has 2 nitrogen and oxygen atoms in total. The highest BCUT2D eigenvalue weighted by Gasteiger charge is 2.58. The molecule has 2 atom stereocenters. The van der Waals surface area contributed by atoms with Gasteiger partial charge in [0.1, 0.15) is 0 Å². The molecule has 2 rings (SSSR count). The standard InChI is InChI=1S/C12H19F3O2/c13-12(14,15)9-3-1-6-11(17,7-9)10(8-16)4-2-5-10/h9,16-17H,1-8H2. The zero-order chi connectivity index (χ0) is 12.7. The van der Waals surface area contributed by atoms with Gasteiger partial charge in [0.25, 0.3) is 0 Å². The Labute approximate surface area is 98.8 Å². The van der Waals surface area contributed by atoms with E-state index in [4.69, 9.17) is 0 Å². The summed E-state index contributed by atoms with van der Waals surface area (Å²) in [5, 5.41) is 19.9. The first-order valence-corrected chi connectivity index (χ1v) is 6.23. The van der Waals surface area contributed by atoms with Crippen LogP contribution in [-0.2, 0) is 0 Å². The molecule has 0 aromatic rings. The van der Waals surface area contributed by atoms with Crippen LogP contribution in [0.1, 0.15) is 44.9 Å². The zero-order valence-corrected chi connectivity index (χ0v) is 9.76. The Morgan fingerprint density at radius 1 is 1.12 bits per heavy atom. The van der Waals surface area contributed by atoms with Crippen molar-refractivity contribution in [1.29, 1.82) is 0 Å². The largest absolute Gasteiger partial charge is 0.396 e. The van der Waals surface area contributed by atoms with Gasteiger partial charge in [-0.05, 0) is 38.5 Å². The van der Waals surface area contributed by atoms with Crippen LogP contribution in [0.25, 0.3) is 0 Å². The van der Waals surface area contributed by atoms with Crippen molar-refractivity contribution in [2.45, 2.75) is 56.7 Å². The number of halogens is 3. The molecule has 0 saturated heterocycles. The average molecular weight is 252 g/mol. The van der Waals surface area contributed by atoms with Crippen molar-refractivity contribution in [3.8, 4) is 0 Å². The monoisotopic (exact) mass is 252 g/mol. The minimum Gasteiger partial charge on any atom is -0.396 e. The van der Waals surface area contributed by atoms with Crippen molar-refractivity contribution in [3.63, 3.8) is 0 Å². The van der Waals surface area contributed by atoms with E-state index in [0.29, 0.717) is 25.7 Å². The summed E-state index contributed by atoms with van der Waals surface area (Å²) in [6.07, 6.45) is -1.41. The van der Waals surface area contributed by atoms with Crippen LogP contribution in [0.3, 0.4) is 0 Å². The van der Waals surface area contributed by atoms with Crippen LogP contribution in [-0.4, -0.2) is 28.6 Å². The fraction of sp³-hybridized carbons (Fsp3) is 1.00. The fourth-order valence-electron chi connectivity index (χ4n) is 3.39. The first-order chi connectivity index (χ1) is 7.83. The molecule has 0 aromatic carbocycles. The molecular weight excluding hydrogens is 233 g/mol. The number of aliphatic hydroxyl groups is 2. The van der Waals surface area contributed by atoms with Gasteiger partial charge in [-0.25, -0.2) is 0 Å². The molecule has 17 heavy (non-hydrogen) atoms. The molecule has 0 bridgehead atoms. The van der Waals surface area contributed by atoms with Gasteiger partial charge in [0.15, 0.2) is 0 Å². The molecule has 0 spiro atoms. The van der Waals surface area contributed by atoms with Gasteiger partial charge in [-0.2, -0.15) is 13.2 Å². The third-order valence-corrected chi connectivity index (χ3v) is 4.79. The number of aliphatic hydroxyl groups excluding tert-OH is 1. The van der Waals surface area contributed by atoms with E-state index < -0.39 is 23.1 Å². The van der Waals surface area contributed by atoms with Gasteiger partial charge in [-0.15, -0.1) is 0 Å². The fourth-order valence-corrected chi connectivity index (χ4v) is 3.39. The second kappa shape index (κ2) is 4.12. The van der Waals surface area contributed by atoms with Crippen molar-refractivity contribution in [3.05, 3.63) is 0 Å². The van der Waals surface area contributed by atoms with Crippen molar-refractivity contribution < 1.29 is 23.4 Å². The smallest absolute Gasteiger partial charge is 0.391 e. The Kier molecular flexibility index (Phi) is 3.19. The van der Waals surface area contributed by atoms with E-state index in [0.717, 1.165) is 6.42 Å². The minimum absolute atomic E-state index is 0.104. The van der Waals surface area contributed by atoms with Gasteiger partial charge in [0.05, 0.1) is 18.1 Å². The van der Waals surface area contributed by atoms with E-state index in [-0.39, 0.29) is 19.4 Å². The molecule has 2 saturated carbocycles. The van der Waals surface area contributed by atoms with Crippen LogP contribution < -0.4 is 0 Å². The summed E-state index contributed by atoms with van der Waals surface area (Å²) in [6, 6.07) is 0. The van der Waals surface area contributed by atoms with Crippen LogP contribution in [0.2, 0.25) is 0 Å². The molecule has 0 radical (unpaired) electrons. The molecule has 0 amide bonds. The Balaban J connectivity index is 2.15. The van der Waals surface area contributed by atoms with Gasteiger partial charge in [-0.1, -0.05) is 6.42 Å². The van der Waals surface area contributed by atoms with Gasteiger partial charge >= 0.3 is 6.18 Å². The number of hydrogen-bond acceptors (Lipinski definition) is 2. The maximum absolute atomic E-state index is 12.7. The molecule has 2 N–H and O–H groups in total. The summed E-state index contributed by atoms with van der Waals surface area (Å²) in [6.45, 7) is -0.200. The molecule has 2 aliphatic carbocycles.